The lowest BCUT2D eigenvalue weighted by Crippen LogP contribution is -2.37. The number of thiazole rings is 1. The Kier molecular flexibility index (Phi) is 4.09. The number of hydrogen-bond donors (Lipinski definition) is 1. The molecular formula is C12H18N4S2. The Labute approximate surface area is 116 Å². The molecule has 0 radical (unpaired) electrons. The Hall–Kier alpha value is -0.850. The van der Waals surface area contributed by atoms with E-state index in [9.17, 15) is 0 Å². The second kappa shape index (κ2) is 5.42. The molecule has 4 nitrogen and oxygen atoms in total. The highest BCUT2D eigenvalue weighted by molar-refractivity contribution is 7.20. The molecule has 98 valence electrons. The van der Waals surface area contributed by atoms with Crippen molar-refractivity contribution >= 4 is 22.7 Å². The summed E-state index contributed by atoms with van der Waals surface area (Å²) in [6.45, 7) is 9.44. The summed E-state index contributed by atoms with van der Waals surface area (Å²) in [6.07, 6.45) is 0.923. The standard InChI is InChI=1S/C12H18N4S2/c1-8-10(17-7-13-8)11-16-15-9(18-11)5-6-14-12(2,3)4/h7,14H,5-6H2,1-4H3. The molecule has 2 aromatic heterocycles. The van der Waals surface area contributed by atoms with Gasteiger partial charge in [0.1, 0.15) is 5.01 Å². The number of nitrogens with zero attached hydrogens (tertiary/aromatic N) is 3. The lowest BCUT2D eigenvalue weighted by Gasteiger charge is -2.19. The van der Waals surface area contributed by atoms with Crippen LogP contribution < -0.4 is 5.32 Å². The van der Waals surface area contributed by atoms with Crippen LogP contribution in [0.1, 0.15) is 31.5 Å². The van der Waals surface area contributed by atoms with E-state index in [0.29, 0.717) is 0 Å². The smallest absolute Gasteiger partial charge is 0.159 e. The number of aryl methyl sites for hydroxylation is 1. The van der Waals surface area contributed by atoms with Gasteiger partial charge >= 0.3 is 0 Å². The van der Waals surface area contributed by atoms with Gasteiger partial charge in [-0.1, -0.05) is 11.3 Å². The maximum absolute atomic E-state index is 4.25. The summed E-state index contributed by atoms with van der Waals surface area (Å²) >= 11 is 3.29. The number of hydrogen-bond acceptors (Lipinski definition) is 6. The van der Waals surface area contributed by atoms with Crippen molar-refractivity contribution in [1.29, 1.82) is 0 Å². The van der Waals surface area contributed by atoms with Crippen molar-refractivity contribution in [2.75, 3.05) is 6.54 Å². The minimum atomic E-state index is 0.155. The molecule has 0 saturated heterocycles. The topological polar surface area (TPSA) is 50.7 Å². The van der Waals surface area contributed by atoms with Crippen LogP contribution in [0.15, 0.2) is 5.51 Å². The molecule has 6 heteroatoms. The largest absolute Gasteiger partial charge is 0.312 e. The molecule has 2 heterocycles. The van der Waals surface area contributed by atoms with E-state index >= 15 is 0 Å². The van der Waals surface area contributed by atoms with Crippen LogP contribution in [0.2, 0.25) is 0 Å². The molecule has 0 aliphatic carbocycles. The highest BCUT2D eigenvalue weighted by atomic mass is 32.1. The molecule has 18 heavy (non-hydrogen) atoms. The van der Waals surface area contributed by atoms with Crippen LogP contribution in [-0.2, 0) is 6.42 Å². The van der Waals surface area contributed by atoms with E-state index in [1.165, 1.54) is 0 Å². The van der Waals surface area contributed by atoms with Crippen molar-refractivity contribution in [3.8, 4) is 9.88 Å². The summed E-state index contributed by atoms with van der Waals surface area (Å²) in [5.41, 5.74) is 3.05. The zero-order chi connectivity index (χ0) is 13.2. The van der Waals surface area contributed by atoms with E-state index in [2.05, 4.69) is 41.3 Å². The molecule has 0 bridgehead atoms. The fraction of sp³-hybridized carbons (Fsp3) is 0.583. The van der Waals surface area contributed by atoms with E-state index in [-0.39, 0.29) is 5.54 Å². The fourth-order valence-corrected chi connectivity index (χ4v) is 3.28. The van der Waals surface area contributed by atoms with Crippen molar-refractivity contribution in [3.05, 3.63) is 16.2 Å². The van der Waals surface area contributed by atoms with Gasteiger partial charge in [0.15, 0.2) is 5.01 Å². The number of nitrogens with one attached hydrogen (secondary N) is 1. The maximum atomic E-state index is 4.25. The molecule has 0 atom stereocenters. The van der Waals surface area contributed by atoms with Crippen molar-refractivity contribution in [2.24, 2.45) is 0 Å². The lowest BCUT2D eigenvalue weighted by molar-refractivity contribution is 0.429. The third-order valence-electron chi connectivity index (χ3n) is 2.40. The summed E-state index contributed by atoms with van der Waals surface area (Å²) in [4.78, 5) is 5.38. The van der Waals surface area contributed by atoms with Gasteiger partial charge in [0, 0.05) is 18.5 Å². The monoisotopic (exact) mass is 282 g/mol. The summed E-state index contributed by atoms with van der Waals surface area (Å²) in [6, 6.07) is 0. The Balaban J connectivity index is 1.97. The van der Waals surface area contributed by atoms with Gasteiger partial charge in [0.2, 0.25) is 0 Å². The Morgan fingerprint density at radius 2 is 2.06 bits per heavy atom. The van der Waals surface area contributed by atoms with Crippen molar-refractivity contribution in [1.82, 2.24) is 20.5 Å². The summed E-state index contributed by atoms with van der Waals surface area (Å²) in [5.74, 6) is 0. The van der Waals surface area contributed by atoms with Gasteiger partial charge in [-0.3, -0.25) is 0 Å². The molecule has 0 amide bonds. The minimum absolute atomic E-state index is 0.155. The molecule has 1 N–H and O–H groups in total. The highest BCUT2D eigenvalue weighted by Crippen LogP contribution is 2.29. The normalized spacial score (nSPS) is 12.0. The molecule has 0 aromatic carbocycles. The van der Waals surface area contributed by atoms with Gasteiger partial charge in [0.05, 0.1) is 16.1 Å². The number of rotatable bonds is 4. The van der Waals surface area contributed by atoms with E-state index in [0.717, 1.165) is 33.6 Å². The first kappa shape index (κ1) is 13.6. The van der Waals surface area contributed by atoms with Crippen LogP contribution in [0.4, 0.5) is 0 Å². The first-order valence-corrected chi connectivity index (χ1v) is 7.63. The summed E-state index contributed by atoms with van der Waals surface area (Å²) in [7, 11) is 0. The zero-order valence-electron chi connectivity index (χ0n) is 11.1. The second-order valence-corrected chi connectivity index (χ2v) is 7.11. The fourth-order valence-electron chi connectivity index (χ4n) is 1.50. The molecule has 0 aliphatic heterocycles. The molecule has 0 saturated carbocycles. The Morgan fingerprint density at radius 1 is 1.28 bits per heavy atom. The van der Waals surface area contributed by atoms with E-state index < -0.39 is 0 Å². The first-order chi connectivity index (χ1) is 8.46. The zero-order valence-corrected chi connectivity index (χ0v) is 12.8. The third-order valence-corrected chi connectivity index (χ3v) is 4.47. The van der Waals surface area contributed by atoms with Gasteiger partial charge in [0.25, 0.3) is 0 Å². The van der Waals surface area contributed by atoms with E-state index in [4.69, 9.17) is 0 Å². The van der Waals surface area contributed by atoms with Crippen LogP contribution in [0.3, 0.4) is 0 Å². The number of aromatic nitrogens is 3. The van der Waals surface area contributed by atoms with Crippen molar-refractivity contribution in [2.45, 2.75) is 39.7 Å². The summed E-state index contributed by atoms with van der Waals surface area (Å²) < 4.78 is 0. The van der Waals surface area contributed by atoms with Crippen LogP contribution in [0.25, 0.3) is 9.88 Å². The lowest BCUT2D eigenvalue weighted by atomic mass is 10.1. The maximum Gasteiger partial charge on any atom is 0.159 e. The van der Waals surface area contributed by atoms with Crippen molar-refractivity contribution in [3.63, 3.8) is 0 Å². The Morgan fingerprint density at radius 3 is 2.67 bits per heavy atom. The summed E-state index contributed by atoms with van der Waals surface area (Å²) in [5, 5.41) is 14.0. The van der Waals surface area contributed by atoms with Crippen LogP contribution >= 0.6 is 22.7 Å². The van der Waals surface area contributed by atoms with Gasteiger partial charge in [-0.05, 0) is 27.7 Å². The van der Waals surface area contributed by atoms with Crippen LogP contribution in [0.5, 0.6) is 0 Å². The van der Waals surface area contributed by atoms with Gasteiger partial charge in [-0.2, -0.15) is 0 Å². The highest BCUT2D eigenvalue weighted by Gasteiger charge is 2.12. The van der Waals surface area contributed by atoms with E-state index in [1.807, 2.05) is 12.4 Å². The molecule has 0 unspecified atom stereocenters. The molecule has 0 aliphatic rings. The Bertz CT molecular complexity index is 510. The van der Waals surface area contributed by atoms with Crippen LogP contribution in [-0.4, -0.2) is 27.3 Å². The quantitative estimate of drug-likeness (QED) is 0.937. The molecule has 0 spiro atoms. The van der Waals surface area contributed by atoms with Gasteiger partial charge in [-0.15, -0.1) is 21.5 Å². The first-order valence-electron chi connectivity index (χ1n) is 5.93. The average Bonchev–Trinajstić information content (AvgIpc) is 2.84. The minimum Gasteiger partial charge on any atom is -0.312 e. The molecular weight excluding hydrogens is 264 g/mol. The molecule has 2 rings (SSSR count). The SMILES string of the molecule is Cc1ncsc1-c1nnc(CCNC(C)(C)C)s1. The van der Waals surface area contributed by atoms with Gasteiger partial charge in [-0.25, -0.2) is 4.98 Å². The van der Waals surface area contributed by atoms with Crippen LogP contribution in [0, 0.1) is 6.92 Å². The second-order valence-electron chi connectivity index (χ2n) is 5.19. The predicted octanol–water partition coefficient (Wildman–Crippen LogP) is 2.90. The van der Waals surface area contributed by atoms with Crippen molar-refractivity contribution < 1.29 is 0 Å². The third kappa shape index (κ3) is 3.57. The van der Waals surface area contributed by atoms with Gasteiger partial charge < -0.3 is 5.32 Å². The molecule has 0 fully saturated rings. The van der Waals surface area contributed by atoms with E-state index in [1.54, 1.807) is 22.7 Å². The molecule has 2 aromatic rings. The predicted molar refractivity (Wildman–Crippen MR) is 77.2 cm³/mol. The average molecular weight is 282 g/mol.